The summed E-state index contributed by atoms with van der Waals surface area (Å²) in [6, 6.07) is 0. The Labute approximate surface area is 69.6 Å². The summed E-state index contributed by atoms with van der Waals surface area (Å²) in [5, 5.41) is 3.48. The molecule has 1 aliphatic carbocycles. The third-order valence-electron chi connectivity index (χ3n) is 3.98. The molecular formula is C10H19N. The van der Waals surface area contributed by atoms with Crippen molar-refractivity contribution in [3.63, 3.8) is 0 Å². The fourth-order valence-corrected chi connectivity index (χ4v) is 2.86. The Kier molecular flexibility index (Phi) is 1.92. The molecule has 1 nitrogen and oxygen atoms in total. The summed E-state index contributed by atoms with van der Waals surface area (Å²) in [5.41, 5.74) is 0.781. The van der Waals surface area contributed by atoms with E-state index in [9.17, 15) is 0 Å². The molecule has 1 saturated carbocycles. The van der Waals surface area contributed by atoms with Gasteiger partial charge in [-0.05, 0) is 43.7 Å². The Bertz CT molecular complexity index is 126. The predicted molar refractivity (Wildman–Crippen MR) is 47.6 cm³/mol. The average molecular weight is 153 g/mol. The molecule has 1 atom stereocenters. The van der Waals surface area contributed by atoms with Crippen LogP contribution < -0.4 is 5.32 Å². The minimum absolute atomic E-state index is 0.781. The summed E-state index contributed by atoms with van der Waals surface area (Å²) in [5.74, 6) is 1.02. The van der Waals surface area contributed by atoms with Gasteiger partial charge in [0.15, 0.2) is 0 Å². The first-order valence-corrected chi connectivity index (χ1v) is 5.08. The molecule has 0 aromatic carbocycles. The van der Waals surface area contributed by atoms with Gasteiger partial charge in [0, 0.05) is 0 Å². The first-order valence-electron chi connectivity index (χ1n) is 5.08. The number of hydrogen-bond donors (Lipinski definition) is 1. The quantitative estimate of drug-likeness (QED) is 0.641. The molecule has 0 radical (unpaired) electrons. The van der Waals surface area contributed by atoms with Crippen LogP contribution >= 0.6 is 0 Å². The van der Waals surface area contributed by atoms with E-state index in [0.29, 0.717) is 0 Å². The van der Waals surface area contributed by atoms with E-state index in [4.69, 9.17) is 0 Å². The maximum atomic E-state index is 3.48. The molecule has 11 heavy (non-hydrogen) atoms. The molecule has 0 bridgehead atoms. The second-order valence-corrected chi connectivity index (χ2v) is 4.26. The maximum Gasteiger partial charge on any atom is -0.00147 e. The molecular weight excluding hydrogens is 134 g/mol. The van der Waals surface area contributed by atoms with Crippen LogP contribution in [0.2, 0.25) is 0 Å². The third-order valence-corrected chi connectivity index (χ3v) is 3.98. The van der Waals surface area contributed by atoms with E-state index in [2.05, 4.69) is 12.2 Å². The van der Waals surface area contributed by atoms with Gasteiger partial charge in [0.1, 0.15) is 0 Å². The van der Waals surface area contributed by atoms with Crippen molar-refractivity contribution in [1.29, 1.82) is 0 Å². The smallest absolute Gasteiger partial charge is 0.00147 e. The van der Waals surface area contributed by atoms with Crippen molar-refractivity contribution in [3.05, 3.63) is 0 Å². The monoisotopic (exact) mass is 153 g/mol. The van der Waals surface area contributed by atoms with Crippen molar-refractivity contribution in [2.75, 3.05) is 13.1 Å². The molecule has 0 aromatic heterocycles. The van der Waals surface area contributed by atoms with Gasteiger partial charge in [-0.25, -0.2) is 0 Å². The highest BCUT2D eigenvalue weighted by Crippen LogP contribution is 2.51. The highest BCUT2D eigenvalue weighted by Gasteiger charge is 2.42. The number of hydrogen-bond acceptors (Lipinski definition) is 1. The largest absolute Gasteiger partial charge is 0.316 e. The summed E-state index contributed by atoms with van der Waals surface area (Å²) in [7, 11) is 0. The van der Waals surface area contributed by atoms with E-state index in [-0.39, 0.29) is 0 Å². The van der Waals surface area contributed by atoms with Crippen LogP contribution in [0.4, 0.5) is 0 Å². The zero-order valence-corrected chi connectivity index (χ0v) is 7.53. The summed E-state index contributed by atoms with van der Waals surface area (Å²) in [6.45, 7) is 4.94. The second-order valence-electron chi connectivity index (χ2n) is 4.26. The number of nitrogens with one attached hydrogen (secondary N) is 1. The van der Waals surface area contributed by atoms with Crippen LogP contribution in [0.1, 0.15) is 39.0 Å². The van der Waals surface area contributed by atoms with Gasteiger partial charge in [0.25, 0.3) is 0 Å². The van der Waals surface area contributed by atoms with Crippen molar-refractivity contribution < 1.29 is 0 Å². The normalized spacial score (nSPS) is 35.2. The lowest BCUT2D eigenvalue weighted by Crippen LogP contribution is -2.37. The molecule has 1 heteroatoms. The predicted octanol–water partition coefficient (Wildman–Crippen LogP) is 2.18. The minimum Gasteiger partial charge on any atom is -0.316 e. The molecule has 2 rings (SSSR count). The number of rotatable bonds is 2. The molecule has 0 aromatic rings. The molecule has 64 valence electrons. The van der Waals surface area contributed by atoms with Gasteiger partial charge in [-0.2, -0.15) is 0 Å². The van der Waals surface area contributed by atoms with E-state index in [0.717, 1.165) is 11.3 Å². The lowest BCUT2D eigenvalue weighted by Gasteiger charge is -2.46. The van der Waals surface area contributed by atoms with Crippen molar-refractivity contribution in [1.82, 2.24) is 5.32 Å². The summed E-state index contributed by atoms with van der Waals surface area (Å²) in [4.78, 5) is 0. The van der Waals surface area contributed by atoms with Crippen LogP contribution in [-0.4, -0.2) is 13.1 Å². The Morgan fingerprint density at radius 3 is 2.64 bits per heavy atom. The average Bonchev–Trinajstić information content (AvgIpc) is 2.39. The summed E-state index contributed by atoms with van der Waals surface area (Å²) in [6.07, 6.45) is 7.36. The van der Waals surface area contributed by atoms with E-state index in [1.807, 2.05) is 0 Å². The molecule has 0 amide bonds. The van der Waals surface area contributed by atoms with Crippen molar-refractivity contribution in [3.8, 4) is 0 Å². The van der Waals surface area contributed by atoms with E-state index >= 15 is 0 Å². The van der Waals surface area contributed by atoms with Gasteiger partial charge in [0.05, 0.1) is 0 Å². The van der Waals surface area contributed by atoms with Crippen molar-refractivity contribution in [2.45, 2.75) is 39.0 Å². The molecule has 0 spiro atoms. The summed E-state index contributed by atoms with van der Waals surface area (Å²) < 4.78 is 0. The van der Waals surface area contributed by atoms with Crippen LogP contribution in [0.5, 0.6) is 0 Å². The Balaban J connectivity index is 1.99. The molecule has 1 aliphatic heterocycles. The van der Waals surface area contributed by atoms with Gasteiger partial charge in [0.2, 0.25) is 0 Å². The maximum absolute atomic E-state index is 3.48. The highest BCUT2D eigenvalue weighted by molar-refractivity contribution is 4.95. The highest BCUT2D eigenvalue weighted by atomic mass is 14.9. The Morgan fingerprint density at radius 1 is 1.45 bits per heavy atom. The van der Waals surface area contributed by atoms with Gasteiger partial charge in [-0.15, -0.1) is 0 Å². The lowest BCUT2D eigenvalue weighted by molar-refractivity contribution is 0.0543. The van der Waals surface area contributed by atoms with Gasteiger partial charge in [-0.3, -0.25) is 0 Å². The van der Waals surface area contributed by atoms with E-state index in [1.54, 1.807) is 0 Å². The van der Waals surface area contributed by atoms with E-state index < -0.39 is 0 Å². The first kappa shape index (κ1) is 7.60. The van der Waals surface area contributed by atoms with Crippen LogP contribution in [0.3, 0.4) is 0 Å². The zero-order valence-electron chi connectivity index (χ0n) is 7.53. The van der Waals surface area contributed by atoms with Crippen LogP contribution in [-0.2, 0) is 0 Å². The molecule has 2 fully saturated rings. The van der Waals surface area contributed by atoms with Crippen molar-refractivity contribution >= 4 is 0 Å². The standard InChI is InChI=1S/C10H19N/c1-2-10(5-3-6-10)9-4-7-11-8-9/h9,11H,2-8H2,1H3. The second kappa shape index (κ2) is 2.78. The summed E-state index contributed by atoms with van der Waals surface area (Å²) >= 11 is 0. The Hall–Kier alpha value is -0.0400. The van der Waals surface area contributed by atoms with Crippen LogP contribution in [0.25, 0.3) is 0 Å². The molecule has 1 saturated heterocycles. The van der Waals surface area contributed by atoms with Crippen LogP contribution in [0.15, 0.2) is 0 Å². The molecule has 1 unspecified atom stereocenters. The fourth-order valence-electron chi connectivity index (χ4n) is 2.86. The molecule has 1 heterocycles. The SMILES string of the molecule is CCC1(C2CCNC2)CCC1. The first-order chi connectivity index (χ1) is 5.37. The van der Waals surface area contributed by atoms with Crippen molar-refractivity contribution in [2.24, 2.45) is 11.3 Å². The third kappa shape index (κ3) is 1.10. The molecule has 2 aliphatic rings. The zero-order chi connectivity index (χ0) is 7.73. The Morgan fingerprint density at radius 2 is 2.27 bits per heavy atom. The minimum atomic E-state index is 0.781. The van der Waals surface area contributed by atoms with Gasteiger partial charge >= 0.3 is 0 Å². The van der Waals surface area contributed by atoms with Crippen LogP contribution in [0, 0.1) is 11.3 Å². The molecule has 1 N–H and O–H groups in total. The topological polar surface area (TPSA) is 12.0 Å². The van der Waals surface area contributed by atoms with Gasteiger partial charge < -0.3 is 5.32 Å². The van der Waals surface area contributed by atoms with E-state index in [1.165, 1.54) is 45.2 Å². The fraction of sp³-hybridized carbons (Fsp3) is 1.00. The van der Waals surface area contributed by atoms with Gasteiger partial charge in [-0.1, -0.05) is 19.8 Å². The lowest BCUT2D eigenvalue weighted by atomic mass is 9.59.